The Kier molecular flexibility index (Phi) is 4.90. The Morgan fingerprint density at radius 2 is 1.92 bits per heavy atom. The smallest absolute Gasteiger partial charge is 0.256 e. The number of aromatic amines is 1. The monoisotopic (exact) mass is 337 g/mol. The van der Waals surface area contributed by atoms with Crippen molar-refractivity contribution >= 4 is 16.7 Å². The number of benzene rings is 1. The van der Waals surface area contributed by atoms with Crippen molar-refractivity contribution in [1.29, 1.82) is 0 Å². The normalized spacial score (nSPS) is 12.1. The molecule has 1 aromatic carbocycles. The predicted molar refractivity (Wildman–Crippen MR) is 95.5 cm³/mol. The zero-order valence-corrected chi connectivity index (χ0v) is 14.1. The van der Waals surface area contributed by atoms with E-state index in [0.29, 0.717) is 22.9 Å². The van der Waals surface area contributed by atoms with Crippen LogP contribution in [0, 0.1) is 0 Å². The van der Waals surface area contributed by atoms with Gasteiger partial charge in [0.2, 0.25) is 0 Å². The molecule has 1 atom stereocenters. The van der Waals surface area contributed by atoms with Gasteiger partial charge in [-0.15, -0.1) is 0 Å². The summed E-state index contributed by atoms with van der Waals surface area (Å²) in [5, 5.41) is 1.11. The third-order valence-electron chi connectivity index (χ3n) is 4.18. The molecule has 0 saturated carbocycles. The van der Waals surface area contributed by atoms with E-state index in [1.807, 2.05) is 24.3 Å². The van der Waals surface area contributed by atoms with Crippen LogP contribution in [0.15, 0.2) is 59.7 Å². The van der Waals surface area contributed by atoms with Gasteiger partial charge >= 0.3 is 0 Å². The minimum absolute atomic E-state index is 0.208. The van der Waals surface area contributed by atoms with E-state index in [1.165, 1.54) is 6.20 Å². The van der Waals surface area contributed by atoms with Gasteiger partial charge in [0.15, 0.2) is 0 Å². The fourth-order valence-corrected chi connectivity index (χ4v) is 2.84. The molecule has 0 saturated heterocycles. The maximum absolute atomic E-state index is 13.1. The number of carbonyl (C=O) groups is 1. The van der Waals surface area contributed by atoms with Gasteiger partial charge in [0, 0.05) is 37.3 Å². The lowest BCUT2D eigenvalue weighted by molar-refractivity contribution is 0.0596. The third-order valence-corrected chi connectivity index (χ3v) is 4.18. The number of H-pyrrole nitrogens is 1. The third kappa shape index (κ3) is 3.29. The molecule has 6 heteroatoms. The first-order valence-electron chi connectivity index (χ1n) is 7.91. The molecule has 2 heterocycles. The number of methoxy groups -OCH3 is 1. The fraction of sp³-hybridized carbons (Fsp3) is 0.211. The van der Waals surface area contributed by atoms with Crippen molar-refractivity contribution in [3.05, 3.63) is 76.5 Å². The minimum Gasteiger partial charge on any atom is -0.382 e. The van der Waals surface area contributed by atoms with Gasteiger partial charge in [0.25, 0.3) is 11.5 Å². The standard InChI is InChI=1S/C19H19N3O3/c1-22(17(12-25-2)16-9-5-6-10-20-16)19(24)15-11-21-18(23)14-8-4-3-7-13(14)15/h3-11,17H,12H2,1-2H3,(H,21,23)/t17-/m1/s1. The van der Waals surface area contributed by atoms with Crippen molar-refractivity contribution in [3.63, 3.8) is 0 Å². The summed E-state index contributed by atoms with van der Waals surface area (Å²) in [5.41, 5.74) is 0.969. The molecule has 0 aliphatic carbocycles. The van der Waals surface area contributed by atoms with Crippen molar-refractivity contribution in [3.8, 4) is 0 Å². The van der Waals surface area contributed by atoms with Crippen LogP contribution in [0.1, 0.15) is 22.1 Å². The number of nitrogens with one attached hydrogen (secondary N) is 1. The van der Waals surface area contributed by atoms with E-state index in [1.54, 1.807) is 43.5 Å². The number of amides is 1. The molecule has 0 fully saturated rings. The van der Waals surface area contributed by atoms with Gasteiger partial charge in [-0.25, -0.2) is 0 Å². The molecule has 0 aliphatic heterocycles. The summed E-state index contributed by atoms with van der Waals surface area (Å²) < 4.78 is 5.28. The molecule has 1 N–H and O–H groups in total. The van der Waals surface area contributed by atoms with Crippen molar-refractivity contribution in [2.75, 3.05) is 20.8 Å². The molecule has 0 bridgehead atoms. The molecule has 0 aliphatic rings. The van der Waals surface area contributed by atoms with Crippen molar-refractivity contribution in [2.45, 2.75) is 6.04 Å². The van der Waals surface area contributed by atoms with Crippen LogP contribution in [0.5, 0.6) is 0 Å². The van der Waals surface area contributed by atoms with E-state index in [-0.39, 0.29) is 17.5 Å². The maximum Gasteiger partial charge on any atom is 0.256 e. The molecule has 6 nitrogen and oxygen atoms in total. The number of hydrogen-bond acceptors (Lipinski definition) is 4. The lowest BCUT2D eigenvalue weighted by atomic mass is 10.1. The van der Waals surface area contributed by atoms with E-state index in [4.69, 9.17) is 4.74 Å². The van der Waals surface area contributed by atoms with Gasteiger partial charge in [0.05, 0.1) is 23.9 Å². The van der Waals surface area contributed by atoms with Gasteiger partial charge in [0.1, 0.15) is 0 Å². The summed E-state index contributed by atoms with van der Waals surface area (Å²) >= 11 is 0. The Labute approximate surface area is 145 Å². The molecule has 3 rings (SSSR count). The molecule has 0 spiro atoms. The molecular formula is C19H19N3O3. The number of hydrogen-bond donors (Lipinski definition) is 1. The largest absolute Gasteiger partial charge is 0.382 e. The predicted octanol–water partition coefficient (Wildman–Crippen LogP) is 2.38. The highest BCUT2D eigenvalue weighted by molar-refractivity contribution is 6.06. The second-order valence-corrected chi connectivity index (χ2v) is 5.72. The summed E-state index contributed by atoms with van der Waals surface area (Å²) in [6.45, 7) is 0.320. The number of aromatic nitrogens is 2. The van der Waals surface area contributed by atoms with Crippen LogP contribution >= 0.6 is 0 Å². The molecule has 2 aromatic heterocycles. The highest BCUT2D eigenvalue weighted by atomic mass is 16.5. The van der Waals surface area contributed by atoms with Gasteiger partial charge in [-0.3, -0.25) is 14.6 Å². The number of carbonyl (C=O) groups excluding carboxylic acids is 1. The van der Waals surface area contributed by atoms with E-state index < -0.39 is 0 Å². The van der Waals surface area contributed by atoms with Crippen LogP contribution in [0.25, 0.3) is 10.8 Å². The highest BCUT2D eigenvalue weighted by Gasteiger charge is 2.25. The Balaban J connectivity index is 2.02. The molecule has 128 valence electrons. The van der Waals surface area contributed by atoms with Gasteiger partial charge < -0.3 is 14.6 Å². The summed E-state index contributed by atoms with van der Waals surface area (Å²) in [4.78, 5) is 33.6. The summed E-state index contributed by atoms with van der Waals surface area (Å²) in [7, 11) is 3.30. The molecule has 0 unspecified atom stereocenters. The first kappa shape index (κ1) is 16.9. The van der Waals surface area contributed by atoms with Crippen molar-refractivity contribution in [1.82, 2.24) is 14.9 Å². The Morgan fingerprint density at radius 1 is 1.20 bits per heavy atom. The number of rotatable bonds is 5. The first-order chi connectivity index (χ1) is 12.1. The summed E-state index contributed by atoms with van der Waals surface area (Å²) in [6.07, 6.45) is 3.15. The van der Waals surface area contributed by atoms with Gasteiger partial charge in [-0.05, 0) is 18.2 Å². The summed E-state index contributed by atoms with van der Waals surface area (Å²) in [5.74, 6) is -0.208. The number of nitrogens with zero attached hydrogens (tertiary/aromatic N) is 2. The lowest BCUT2D eigenvalue weighted by Gasteiger charge is -2.27. The van der Waals surface area contributed by atoms with Crippen molar-refractivity contribution in [2.24, 2.45) is 0 Å². The SMILES string of the molecule is COC[C@H](c1ccccn1)N(C)C(=O)c1c[nH]c(=O)c2ccccc12. The van der Waals surface area contributed by atoms with E-state index in [0.717, 1.165) is 5.69 Å². The zero-order chi connectivity index (χ0) is 17.8. The highest BCUT2D eigenvalue weighted by Crippen LogP contribution is 2.22. The topological polar surface area (TPSA) is 75.3 Å². The maximum atomic E-state index is 13.1. The van der Waals surface area contributed by atoms with E-state index >= 15 is 0 Å². The first-order valence-corrected chi connectivity index (χ1v) is 7.91. The minimum atomic E-state index is -0.329. The average Bonchev–Trinajstić information content (AvgIpc) is 2.66. The zero-order valence-electron chi connectivity index (χ0n) is 14.1. The molecule has 1 amide bonds. The Hall–Kier alpha value is -2.99. The van der Waals surface area contributed by atoms with Crippen molar-refractivity contribution < 1.29 is 9.53 Å². The number of fused-ring (bicyclic) bond motifs is 1. The number of likely N-dealkylation sites (N-methyl/N-ethyl adjacent to an activating group) is 1. The second-order valence-electron chi connectivity index (χ2n) is 5.72. The van der Waals surface area contributed by atoms with Crippen LogP contribution < -0.4 is 5.56 Å². The van der Waals surface area contributed by atoms with Gasteiger partial charge in [-0.2, -0.15) is 0 Å². The number of ether oxygens (including phenoxy) is 1. The van der Waals surface area contributed by atoms with Crippen LogP contribution in [0.4, 0.5) is 0 Å². The van der Waals surface area contributed by atoms with E-state index in [2.05, 4.69) is 9.97 Å². The van der Waals surface area contributed by atoms with Crippen LogP contribution in [0.3, 0.4) is 0 Å². The lowest BCUT2D eigenvalue weighted by Crippen LogP contribution is -2.34. The molecule has 0 radical (unpaired) electrons. The fourth-order valence-electron chi connectivity index (χ4n) is 2.84. The second kappa shape index (κ2) is 7.27. The molecular weight excluding hydrogens is 318 g/mol. The molecule has 3 aromatic rings. The molecule has 25 heavy (non-hydrogen) atoms. The Morgan fingerprint density at radius 3 is 2.60 bits per heavy atom. The quantitative estimate of drug-likeness (QED) is 0.776. The number of pyridine rings is 2. The summed E-state index contributed by atoms with van der Waals surface area (Å²) in [6, 6.07) is 12.3. The van der Waals surface area contributed by atoms with Gasteiger partial charge in [-0.1, -0.05) is 24.3 Å². The van der Waals surface area contributed by atoms with Crippen LogP contribution in [-0.4, -0.2) is 41.5 Å². The average molecular weight is 337 g/mol. The van der Waals surface area contributed by atoms with Crippen LogP contribution in [0.2, 0.25) is 0 Å². The Bertz CT molecular complexity index is 937. The van der Waals surface area contributed by atoms with Crippen LogP contribution in [-0.2, 0) is 4.74 Å². The van der Waals surface area contributed by atoms with E-state index in [9.17, 15) is 9.59 Å².